The molecule has 1 heterocycles. The lowest BCUT2D eigenvalue weighted by molar-refractivity contribution is -0.132. The summed E-state index contributed by atoms with van der Waals surface area (Å²) >= 11 is 0. The molecule has 26 heavy (non-hydrogen) atoms. The highest BCUT2D eigenvalue weighted by molar-refractivity contribution is 7.92. The Morgan fingerprint density at radius 3 is 2.62 bits per heavy atom. The molecule has 0 saturated carbocycles. The number of nitrogens with one attached hydrogen (secondary N) is 2. The molecule has 1 fully saturated rings. The summed E-state index contributed by atoms with van der Waals surface area (Å²) in [4.78, 5) is 11.6. The maximum absolute atomic E-state index is 12.8. The normalized spacial score (nSPS) is 24.1. The predicted molar refractivity (Wildman–Crippen MR) is 93.3 cm³/mol. The van der Waals surface area contributed by atoms with Crippen molar-refractivity contribution in [2.75, 3.05) is 6.54 Å². The summed E-state index contributed by atoms with van der Waals surface area (Å²) in [6, 6.07) is 4.93. The third-order valence-corrected chi connectivity index (χ3v) is 6.34. The number of piperidine rings is 1. The van der Waals surface area contributed by atoms with Crippen LogP contribution in [0, 0.1) is 11.8 Å². The number of hydrogen-bond acceptors (Lipinski definition) is 7. The van der Waals surface area contributed by atoms with Gasteiger partial charge in [-0.15, -0.1) is 5.92 Å². The summed E-state index contributed by atoms with van der Waals surface area (Å²) in [7, 11) is -3.88. The Labute approximate surface area is 152 Å². The second kappa shape index (κ2) is 8.51. The Bertz CT molecular complexity index is 797. The SMILES string of the molecule is CC#CC(C)Oc1ccc(S(=O)(=O)C2CC(C(=O)NO)NCC2O)cc1. The molecular weight excluding hydrogens is 360 g/mol. The van der Waals surface area contributed by atoms with Crippen LogP contribution >= 0.6 is 0 Å². The van der Waals surface area contributed by atoms with Crippen LogP contribution in [0.1, 0.15) is 20.3 Å². The first-order valence-corrected chi connectivity index (χ1v) is 9.62. The van der Waals surface area contributed by atoms with Crippen LogP contribution in [-0.4, -0.2) is 54.7 Å². The van der Waals surface area contributed by atoms with Gasteiger partial charge in [0.2, 0.25) is 0 Å². The second-order valence-electron chi connectivity index (χ2n) is 5.95. The van der Waals surface area contributed by atoms with Crippen molar-refractivity contribution in [1.82, 2.24) is 10.8 Å². The van der Waals surface area contributed by atoms with E-state index in [1.54, 1.807) is 13.8 Å². The fourth-order valence-electron chi connectivity index (χ4n) is 2.80. The van der Waals surface area contributed by atoms with E-state index in [0.29, 0.717) is 5.75 Å². The predicted octanol–water partition coefficient (Wildman–Crippen LogP) is -0.152. The number of hydroxylamine groups is 1. The van der Waals surface area contributed by atoms with Gasteiger partial charge in [-0.3, -0.25) is 10.0 Å². The molecule has 4 atom stereocenters. The van der Waals surface area contributed by atoms with Crippen LogP contribution in [0.15, 0.2) is 29.2 Å². The van der Waals surface area contributed by atoms with Crippen LogP contribution in [-0.2, 0) is 14.6 Å². The molecule has 0 aliphatic carbocycles. The maximum atomic E-state index is 12.8. The van der Waals surface area contributed by atoms with Crippen LogP contribution in [0.3, 0.4) is 0 Å². The van der Waals surface area contributed by atoms with Gasteiger partial charge in [0, 0.05) is 6.54 Å². The van der Waals surface area contributed by atoms with E-state index in [4.69, 9.17) is 9.94 Å². The minimum atomic E-state index is -3.88. The number of hydrogen-bond donors (Lipinski definition) is 4. The highest BCUT2D eigenvalue weighted by Gasteiger charge is 2.41. The summed E-state index contributed by atoms with van der Waals surface area (Å²) < 4.78 is 31.2. The van der Waals surface area contributed by atoms with E-state index >= 15 is 0 Å². The standard InChI is InChI=1S/C17H22N2O6S/c1-3-4-11(2)25-12-5-7-13(8-6-12)26(23,24)16-9-14(17(21)19-22)18-10-15(16)20/h5-8,11,14-16,18,20,22H,9-10H2,1-2H3,(H,19,21). The van der Waals surface area contributed by atoms with Crippen LogP contribution in [0.2, 0.25) is 0 Å². The minimum Gasteiger partial charge on any atom is -0.478 e. The van der Waals surface area contributed by atoms with Crippen LogP contribution in [0.25, 0.3) is 0 Å². The Hall–Kier alpha value is -2.12. The zero-order valence-electron chi connectivity index (χ0n) is 14.5. The van der Waals surface area contributed by atoms with Gasteiger partial charge in [0.1, 0.15) is 5.75 Å². The molecule has 4 N–H and O–H groups in total. The quantitative estimate of drug-likeness (QED) is 0.317. The van der Waals surface area contributed by atoms with Crippen molar-refractivity contribution in [1.29, 1.82) is 0 Å². The molecule has 0 spiro atoms. The number of carbonyl (C=O) groups is 1. The summed E-state index contributed by atoms with van der Waals surface area (Å²) in [6.07, 6.45) is -1.65. The molecule has 1 aromatic rings. The highest BCUT2D eigenvalue weighted by Crippen LogP contribution is 2.26. The first kappa shape index (κ1) is 20.2. The summed E-state index contributed by atoms with van der Waals surface area (Å²) in [5.74, 6) is 5.29. The number of rotatable bonds is 5. The van der Waals surface area contributed by atoms with Gasteiger partial charge in [0.15, 0.2) is 15.9 Å². The monoisotopic (exact) mass is 382 g/mol. The molecule has 1 aromatic carbocycles. The molecule has 0 radical (unpaired) electrons. The molecule has 1 amide bonds. The van der Waals surface area contributed by atoms with E-state index in [0.717, 1.165) is 0 Å². The van der Waals surface area contributed by atoms with Crippen LogP contribution < -0.4 is 15.5 Å². The number of carbonyl (C=O) groups excluding carboxylic acids is 1. The van der Waals surface area contributed by atoms with E-state index < -0.39 is 33.1 Å². The number of benzene rings is 1. The maximum Gasteiger partial charge on any atom is 0.260 e. The first-order valence-electron chi connectivity index (χ1n) is 8.08. The average Bonchev–Trinajstić information content (AvgIpc) is 2.62. The Morgan fingerprint density at radius 1 is 1.38 bits per heavy atom. The Kier molecular flexibility index (Phi) is 6.61. The molecule has 4 unspecified atom stereocenters. The summed E-state index contributed by atoms with van der Waals surface area (Å²) in [5, 5.41) is 20.4. The van der Waals surface area contributed by atoms with E-state index in [1.165, 1.54) is 29.7 Å². The molecule has 1 saturated heterocycles. The number of β-amino-alcohol motifs (C(OH)–C–C–N with tert-alkyl or cyclic N) is 1. The lowest BCUT2D eigenvalue weighted by Crippen LogP contribution is -2.57. The topological polar surface area (TPSA) is 125 Å². The Morgan fingerprint density at radius 2 is 2.04 bits per heavy atom. The number of ether oxygens (including phenoxy) is 1. The van der Waals surface area contributed by atoms with Gasteiger partial charge in [-0.2, -0.15) is 0 Å². The van der Waals surface area contributed by atoms with Crippen molar-refractivity contribution in [3.05, 3.63) is 24.3 Å². The number of amides is 1. The van der Waals surface area contributed by atoms with Gasteiger partial charge in [-0.05, 0) is 44.5 Å². The molecule has 8 nitrogen and oxygen atoms in total. The van der Waals surface area contributed by atoms with Gasteiger partial charge in [0.05, 0.1) is 22.3 Å². The number of aliphatic hydroxyl groups is 1. The van der Waals surface area contributed by atoms with Crippen LogP contribution in [0.5, 0.6) is 5.75 Å². The van der Waals surface area contributed by atoms with Crippen molar-refractivity contribution >= 4 is 15.7 Å². The molecule has 2 rings (SSSR count). The third-order valence-electron chi connectivity index (χ3n) is 4.11. The van der Waals surface area contributed by atoms with Gasteiger partial charge >= 0.3 is 0 Å². The van der Waals surface area contributed by atoms with E-state index in [9.17, 15) is 18.3 Å². The molecular formula is C17H22N2O6S. The molecule has 0 aromatic heterocycles. The van der Waals surface area contributed by atoms with Gasteiger partial charge in [-0.25, -0.2) is 13.9 Å². The zero-order valence-corrected chi connectivity index (χ0v) is 15.3. The lowest BCUT2D eigenvalue weighted by Gasteiger charge is -2.32. The van der Waals surface area contributed by atoms with Crippen molar-refractivity contribution in [2.24, 2.45) is 0 Å². The van der Waals surface area contributed by atoms with E-state index in [1.807, 2.05) is 0 Å². The molecule has 9 heteroatoms. The Balaban J connectivity index is 2.19. The number of sulfone groups is 1. The largest absolute Gasteiger partial charge is 0.478 e. The number of aliphatic hydroxyl groups excluding tert-OH is 1. The minimum absolute atomic E-state index is 0.0215. The van der Waals surface area contributed by atoms with Gasteiger partial charge in [0.25, 0.3) is 5.91 Å². The van der Waals surface area contributed by atoms with Crippen molar-refractivity contribution in [2.45, 2.75) is 48.7 Å². The van der Waals surface area contributed by atoms with Crippen molar-refractivity contribution in [3.63, 3.8) is 0 Å². The second-order valence-corrected chi connectivity index (χ2v) is 8.12. The summed E-state index contributed by atoms with van der Waals surface area (Å²) in [5.41, 5.74) is 1.49. The van der Waals surface area contributed by atoms with E-state index in [-0.39, 0.29) is 24.0 Å². The first-order chi connectivity index (χ1) is 12.3. The molecule has 142 valence electrons. The fraction of sp³-hybridized carbons (Fsp3) is 0.471. The lowest BCUT2D eigenvalue weighted by atomic mass is 10.0. The van der Waals surface area contributed by atoms with E-state index in [2.05, 4.69) is 17.2 Å². The fourth-order valence-corrected chi connectivity index (χ4v) is 4.62. The summed E-state index contributed by atoms with van der Waals surface area (Å²) in [6.45, 7) is 3.40. The zero-order chi connectivity index (χ0) is 19.3. The smallest absolute Gasteiger partial charge is 0.260 e. The van der Waals surface area contributed by atoms with Crippen molar-refractivity contribution < 1.29 is 28.3 Å². The van der Waals surface area contributed by atoms with Gasteiger partial charge < -0.3 is 15.2 Å². The molecule has 0 bridgehead atoms. The third kappa shape index (κ3) is 4.53. The van der Waals surface area contributed by atoms with Crippen molar-refractivity contribution in [3.8, 4) is 17.6 Å². The molecule has 1 aliphatic rings. The average molecular weight is 382 g/mol. The van der Waals surface area contributed by atoms with Gasteiger partial charge in [-0.1, -0.05) is 5.92 Å². The highest BCUT2D eigenvalue weighted by atomic mass is 32.2. The van der Waals surface area contributed by atoms with Crippen LogP contribution in [0.4, 0.5) is 0 Å². The molecule has 1 aliphatic heterocycles.